The van der Waals surface area contributed by atoms with E-state index in [1.165, 1.54) is 0 Å². The molecule has 0 aliphatic rings. The average molecular weight is 302 g/mol. The summed E-state index contributed by atoms with van der Waals surface area (Å²) < 4.78 is 4.95. The molecule has 0 saturated carbocycles. The van der Waals surface area contributed by atoms with Crippen molar-refractivity contribution in [1.82, 2.24) is 14.3 Å². The van der Waals surface area contributed by atoms with Gasteiger partial charge in [0.15, 0.2) is 0 Å². The van der Waals surface area contributed by atoms with Crippen molar-refractivity contribution >= 4 is 33.1 Å². The third kappa shape index (κ3) is 2.15. The zero-order chi connectivity index (χ0) is 15.1. The van der Waals surface area contributed by atoms with Crippen LogP contribution in [-0.4, -0.2) is 20.3 Å². The lowest BCUT2D eigenvalue weighted by Crippen LogP contribution is -2.16. The minimum Gasteiger partial charge on any atom is -0.339 e. The van der Waals surface area contributed by atoms with Crippen LogP contribution >= 0.6 is 11.3 Å². The normalized spacial score (nSPS) is 11.2. The molecule has 0 fully saturated rings. The molecular weight excluding hydrogens is 284 g/mol. The summed E-state index contributed by atoms with van der Waals surface area (Å²) in [6, 6.07) is 3.96. The third-order valence-corrected chi connectivity index (χ3v) is 4.67. The zero-order valence-corrected chi connectivity index (χ0v) is 13.4. The number of anilines is 1. The van der Waals surface area contributed by atoms with E-state index in [0.717, 1.165) is 33.8 Å². The molecular formula is C15H18N4OS. The van der Waals surface area contributed by atoms with Gasteiger partial charge in [-0.25, -0.2) is 0 Å². The summed E-state index contributed by atoms with van der Waals surface area (Å²) in [6.07, 6.45) is 0. The van der Waals surface area contributed by atoms with Crippen molar-refractivity contribution in [2.45, 2.75) is 27.3 Å². The Labute approximate surface area is 127 Å². The maximum atomic E-state index is 12.5. The molecule has 3 aromatic rings. The molecule has 0 aliphatic carbocycles. The van der Waals surface area contributed by atoms with Crippen molar-refractivity contribution < 1.29 is 4.79 Å². The molecule has 1 amide bonds. The molecule has 21 heavy (non-hydrogen) atoms. The highest BCUT2D eigenvalue weighted by atomic mass is 32.1. The molecule has 0 bridgehead atoms. The highest BCUT2D eigenvalue weighted by molar-refractivity contribution is 7.17. The molecule has 0 saturated heterocycles. The van der Waals surface area contributed by atoms with Gasteiger partial charge in [-0.3, -0.25) is 9.48 Å². The Morgan fingerprint density at radius 3 is 2.81 bits per heavy atom. The predicted octanol–water partition coefficient (Wildman–Crippen LogP) is 3.33. The maximum absolute atomic E-state index is 12.5. The monoisotopic (exact) mass is 302 g/mol. The molecule has 0 unspecified atom stereocenters. The first kappa shape index (κ1) is 13.9. The van der Waals surface area contributed by atoms with E-state index in [1.807, 2.05) is 54.6 Å². The molecule has 0 atom stereocenters. The van der Waals surface area contributed by atoms with Crippen LogP contribution in [0.15, 0.2) is 17.5 Å². The number of carbonyl (C=O) groups excluding carboxylic acids is 1. The third-order valence-electron chi connectivity index (χ3n) is 3.82. The first-order valence-corrected chi connectivity index (χ1v) is 7.79. The van der Waals surface area contributed by atoms with Crippen molar-refractivity contribution in [2.24, 2.45) is 7.05 Å². The van der Waals surface area contributed by atoms with Crippen molar-refractivity contribution in [3.05, 3.63) is 34.6 Å². The van der Waals surface area contributed by atoms with Gasteiger partial charge in [0, 0.05) is 13.6 Å². The Bertz CT molecular complexity index is 824. The highest BCUT2D eigenvalue weighted by Gasteiger charge is 2.18. The van der Waals surface area contributed by atoms with Crippen molar-refractivity contribution in [2.75, 3.05) is 5.32 Å². The Morgan fingerprint density at radius 1 is 1.43 bits per heavy atom. The SMILES string of the molecule is CCn1nc(C)c(NC(=O)c2cc3sccc3n2C)c1C. The number of rotatable bonds is 3. The molecule has 0 spiro atoms. The topological polar surface area (TPSA) is 51.9 Å². The fourth-order valence-corrected chi connectivity index (χ4v) is 3.48. The lowest BCUT2D eigenvalue weighted by atomic mass is 10.3. The quantitative estimate of drug-likeness (QED) is 0.807. The van der Waals surface area contributed by atoms with E-state index in [-0.39, 0.29) is 5.91 Å². The van der Waals surface area contributed by atoms with Crippen LogP contribution in [0.1, 0.15) is 28.8 Å². The summed E-state index contributed by atoms with van der Waals surface area (Å²) in [5, 5.41) is 9.46. The highest BCUT2D eigenvalue weighted by Crippen LogP contribution is 2.26. The molecule has 0 aliphatic heterocycles. The number of nitrogens with one attached hydrogen (secondary N) is 1. The number of aromatic nitrogens is 3. The molecule has 0 radical (unpaired) electrons. The lowest BCUT2D eigenvalue weighted by molar-refractivity contribution is 0.101. The molecule has 5 nitrogen and oxygen atoms in total. The van der Waals surface area contributed by atoms with Crippen molar-refractivity contribution in [1.29, 1.82) is 0 Å². The van der Waals surface area contributed by atoms with Gasteiger partial charge in [-0.2, -0.15) is 5.10 Å². The number of nitrogens with zero attached hydrogens (tertiary/aromatic N) is 3. The number of thiophene rings is 1. The number of hydrogen-bond donors (Lipinski definition) is 1. The minimum absolute atomic E-state index is 0.0947. The Hall–Kier alpha value is -2.08. The van der Waals surface area contributed by atoms with Crippen LogP contribution in [0.25, 0.3) is 10.2 Å². The van der Waals surface area contributed by atoms with Gasteiger partial charge < -0.3 is 9.88 Å². The fourth-order valence-electron chi connectivity index (χ4n) is 2.63. The summed E-state index contributed by atoms with van der Waals surface area (Å²) >= 11 is 1.64. The van der Waals surface area contributed by atoms with E-state index in [2.05, 4.69) is 10.4 Å². The van der Waals surface area contributed by atoms with Gasteiger partial charge in [0.25, 0.3) is 5.91 Å². The van der Waals surface area contributed by atoms with E-state index in [0.29, 0.717) is 5.69 Å². The first-order chi connectivity index (χ1) is 10.0. The molecule has 6 heteroatoms. The Balaban J connectivity index is 1.95. The van der Waals surface area contributed by atoms with E-state index in [4.69, 9.17) is 0 Å². The van der Waals surface area contributed by atoms with Crippen molar-refractivity contribution in [3.63, 3.8) is 0 Å². The second-order valence-electron chi connectivity index (χ2n) is 5.07. The Kier molecular flexibility index (Phi) is 3.33. The van der Waals surface area contributed by atoms with Crippen LogP contribution in [0, 0.1) is 13.8 Å². The van der Waals surface area contributed by atoms with Crippen LogP contribution < -0.4 is 5.32 Å². The smallest absolute Gasteiger partial charge is 0.272 e. The van der Waals surface area contributed by atoms with Gasteiger partial charge in [-0.15, -0.1) is 11.3 Å². The van der Waals surface area contributed by atoms with Crippen LogP contribution in [-0.2, 0) is 13.6 Å². The van der Waals surface area contributed by atoms with Crippen LogP contribution in [0.2, 0.25) is 0 Å². The predicted molar refractivity (Wildman–Crippen MR) is 86.1 cm³/mol. The molecule has 110 valence electrons. The van der Waals surface area contributed by atoms with E-state index in [1.54, 1.807) is 11.3 Å². The summed E-state index contributed by atoms with van der Waals surface area (Å²) in [5.41, 5.74) is 4.40. The molecule has 0 aromatic carbocycles. The number of amides is 1. The second kappa shape index (κ2) is 5.04. The summed E-state index contributed by atoms with van der Waals surface area (Å²) in [6.45, 7) is 6.72. The van der Waals surface area contributed by atoms with Gasteiger partial charge in [-0.05, 0) is 38.3 Å². The van der Waals surface area contributed by atoms with Crippen LogP contribution in [0.4, 0.5) is 5.69 Å². The first-order valence-electron chi connectivity index (χ1n) is 6.91. The van der Waals surface area contributed by atoms with E-state index >= 15 is 0 Å². The second-order valence-corrected chi connectivity index (χ2v) is 6.02. The number of hydrogen-bond acceptors (Lipinski definition) is 3. The minimum atomic E-state index is -0.0947. The standard InChI is InChI=1S/C15H18N4OS/c1-5-19-10(3)14(9(2)17-19)16-15(20)12-8-13-11(18(12)4)6-7-21-13/h6-8H,5H2,1-4H3,(H,16,20). The lowest BCUT2D eigenvalue weighted by Gasteiger charge is -2.07. The largest absolute Gasteiger partial charge is 0.339 e. The van der Waals surface area contributed by atoms with Gasteiger partial charge >= 0.3 is 0 Å². The number of fused-ring (bicyclic) bond motifs is 1. The van der Waals surface area contributed by atoms with Crippen molar-refractivity contribution in [3.8, 4) is 0 Å². The number of carbonyl (C=O) groups is 1. The molecule has 3 heterocycles. The summed E-state index contributed by atoms with van der Waals surface area (Å²) in [5.74, 6) is -0.0947. The van der Waals surface area contributed by atoms with Gasteiger partial charge in [0.05, 0.1) is 27.3 Å². The maximum Gasteiger partial charge on any atom is 0.272 e. The fraction of sp³-hybridized carbons (Fsp3) is 0.333. The van der Waals surface area contributed by atoms with E-state index < -0.39 is 0 Å². The molecule has 1 N–H and O–H groups in total. The Morgan fingerprint density at radius 2 is 2.19 bits per heavy atom. The summed E-state index contributed by atoms with van der Waals surface area (Å²) in [7, 11) is 1.92. The van der Waals surface area contributed by atoms with Gasteiger partial charge in [0.1, 0.15) is 5.69 Å². The van der Waals surface area contributed by atoms with Gasteiger partial charge in [0.2, 0.25) is 0 Å². The average Bonchev–Trinajstić information content (AvgIpc) is 3.10. The van der Waals surface area contributed by atoms with Crippen LogP contribution in [0.3, 0.4) is 0 Å². The summed E-state index contributed by atoms with van der Waals surface area (Å²) in [4.78, 5) is 12.5. The number of aryl methyl sites for hydroxylation is 3. The van der Waals surface area contributed by atoms with Crippen LogP contribution in [0.5, 0.6) is 0 Å². The zero-order valence-electron chi connectivity index (χ0n) is 12.6. The molecule has 3 aromatic heterocycles. The molecule has 3 rings (SSSR count). The van der Waals surface area contributed by atoms with Gasteiger partial charge in [-0.1, -0.05) is 0 Å². The van der Waals surface area contributed by atoms with E-state index in [9.17, 15) is 4.79 Å².